The average Bonchev–Trinajstić information content (AvgIpc) is 2.49. The van der Waals surface area contributed by atoms with Gasteiger partial charge in [0.05, 0.1) is 0 Å². The molecule has 0 spiro atoms. The van der Waals surface area contributed by atoms with Gasteiger partial charge in [-0.3, -0.25) is 0 Å². The molecule has 0 saturated heterocycles. The maximum atomic E-state index is 3.64. The summed E-state index contributed by atoms with van der Waals surface area (Å²) in [4.78, 5) is 0. The number of aromatic nitrogens is 3. The SMILES string of the molecule is [c]1nncn1C1CC1. The minimum Gasteiger partial charge on any atom is -0.308 e. The zero-order valence-corrected chi connectivity index (χ0v) is 4.41. The maximum Gasteiger partial charge on any atom is 0.202 e. The second kappa shape index (κ2) is 1.31. The Morgan fingerprint density at radius 3 is 3.00 bits per heavy atom. The van der Waals surface area contributed by atoms with Gasteiger partial charge in [-0.1, -0.05) is 0 Å². The van der Waals surface area contributed by atoms with Crippen molar-refractivity contribution < 1.29 is 0 Å². The third kappa shape index (κ3) is 0.510. The molecule has 1 aromatic rings. The van der Waals surface area contributed by atoms with E-state index >= 15 is 0 Å². The van der Waals surface area contributed by atoms with E-state index in [-0.39, 0.29) is 0 Å². The molecule has 1 aliphatic carbocycles. The molecule has 3 nitrogen and oxygen atoms in total. The van der Waals surface area contributed by atoms with Crippen LogP contribution in [0.25, 0.3) is 0 Å². The number of hydrogen-bond acceptors (Lipinski definition) is 2. The zero-order valence-electron chi connectivity index (χ0n) is 4.41. The summed E-state index contributed by atoms with van der Waals surface area (Å²) >= 11 is 0. The Bertz CT molecular complexity index is 164. The number of hydrogen-bond donors (Lipinski definition) is 0. The molecule has 0 N–H and O–H groups in total. The fourth-order valence-corrected chi connectivity index (χ4v) is 0.713. The van der Waals surface area contributed by atoms with Crippen molar-refractivity contribution in [2.45, 2.75) is 18.9 Å². The van der Waals surface area contributed by atoms with Crippen LogP contribution >= 0.6 is 0 Å². The van der Waals surface area contributed by atoms with E-state index in [1.807, 2.05) is 4.57 Å². The average molecular weight is 108 g/mol. The van der Waals surface area contributed by atoms with Crippen molar-refractivity contribution in [1.82, 2.24) is 14.8 Å². The first kappa shape index (κ1) is 4.06. The Hall–Kier alpha value is -0.860. The Balaban J connectivity index is 2.28. The monoisotopic (exact) mass is 108 g/mol. The van der Waals surface area contributed by atoms with Gasteiger partial charge in [0.15, 0.2) is 0 Å². The molecule has 1 fully saturated rings. The van der Waals surface area contributed by atoms with E-state index in [1.165, 1.54) is 12.8 Å². The van der Waals surface area contributed by atoms with Crippen molar-refractivity contribution in [1.29, 1.82) is 0 Å². The fourth-order valence-electron chi connectivity index (χ4n) is 0.713. The lowest BCUT2D eigenvalue weighted by atomic mass is 10.7. The molecular formula is C5H6N3. The fraction of sp³-hybridized carbons (Fsp3) is 0.600. The van der Waals surface area contributed by atoms with E-state index in [0.717, 1.165) is 0 Å². The van der Waals surface area contributed by atoms with E-state index in [9.17, 15) is 0 Å². The van der Waals surface area contributed by atoms with Crippen LogP contribution in [0, 0.1) is 6.33 Å². The summed E-state index contributed by atoms with van der Waals surface area (Å²) in [6, 6.07) is 0.671. The van der Waals surface area contributed by atoms with Gasteiger partial charge in [-0.05, 0) is 12.8 Å². The summed E-state index contributed by atoms with van der Waals surface area (Å²) in [5.74, 6) is 0. The van der Waals surface area contributed by atoms with E-state index in [1.54, 1.807) is 6.33 Å². The predicted octanol–water partition coefficient (Wildman–Crippen LogP) is 0.413. The molecule has 3 heteroatoms. The highest BCUT2D eigenvalue weighted by Crippen LogP contribution is 2.33. The van der Waals surface area contributed by atoms with Crippen LogP contribution in [-0.2, 0) is 0 Å². The van der Waals surface area contributed by atoms with Gasteiger partial charge in [0.25, 0.3) is 0 Å². The minimum atomic E-state index is 0.671. The van der Waals surface area contributed by atoms with Crippen molar-refractivity contribution in [3.63, 3.8) is 0 Å². The summed E-state index contributed by atoms with van der Waals surface area (Å²) in [5, 5.41) is 7.21. The van der Waals surface area contributed by atoms with Gasteiger partial charge < -0.3 is 4.57 Å². The van der Waals surface area contributed by atoms with Gasteiger partial charge in [0.1, 0.15) is 6.33 Å². The van der Waals surface area contributed by atoms with Crippen molar-refractivity contribution >= 4 is 0 Å². The largest absolute Gasteiger partial charge is 0.308 e. The summed E-state index contributed by atoms with van der Waals surface area (Å²) < 4.78 is 1.93. The molecule has 0 aliphatic heterocycles. The Morgan fingerprint density at radius 2 is 2.50 bits per heavy atom. The second-order valence-electron chi connectivity index (χ2n) is 2.07. The van der Waals surface area contributed by atoms with Crippen LogP contribution in [0.5, 0.6) is 0 Å². The van der Waals surface area contributed by atoms with Crippen LogP contribution < -0.4 is 0 Å². The van der Waals surface area contributed by atoms with E-state index in [0.29, 0.717) is 6.04 Å². The first-order valence-electron chi connectivity index (χ1n) is 2.74. The highest BCUT2D eigenvalue weighted by atomic mass is 15.2. The third-order valence-corrected chi connectivity index (χ3v) is 1.33. The Morgan fingerprint density at radius 1 is 1.62 bits per heavy atom. The zero-order chi connectivity index (χ0) is 5.40. The molecule has 41 valence electrons. The second-order valence-corrected chi connectivity index (χ2v) is 2.07. The van der Waals surface area contributed by atoms with Crippen LogP contribution in [0.4, 0.5) is 0 Å². The van der Waals surface area contributed by atoms with Crippen LogP contribution in [0.1, 0.15) is 18.9 Å². The molecule has 0 amide bonds. The van der Waals surface area contributed by atoms with Crippen molar-refractivity contribution in [2.24, 2.45) is 0 Å². The first-order chi connectivity index (χ1) is 3.97. The molecule has 0 aromatic carbocycles. The summed E-state index contributed by atoms with van der Waals surface area (Å²) in [6.07, 6.45) is 7.02. The summed E-state index contributed by atoms with van der Waals surface area (Å²) in [6.45, 7) is 0. The Kier molecular flexibility index (Phi) is 0.664. The van der Waals surface area contributed by atoms with Crippen LogP contribution in [0.2, 0.25) is 0 Å². The molecule has 1 saturated carbocycles. The molecule has 1 aliphatic rings. The molecular weight excluding hydrogens is 102 g/mol. The first-order valence-corrected chi connectivity index (χ1v) is 2.74. The summed E-state index contributed by atoms with van der Waals surface area (Å²) in [7, 11) is 0. The third-order valence-electron chi connectivity index (χ3n) is 1.33. The lowest BCUT2D eigenvalue weighted by molar-refractivity contribution is 0.731. The van der Waals surface area contributed by atoms with Gasteiger partial charge in [-0.2, -0.15) is 0 Å². The smallest absolute Gasteiger partial charge is 0.202 e. The number of nitrogens with zero attached hydrogens (tertiary/aromatic N) is 3. The van der Waals surface area contributed by atoms with Crippen molar-refractivity contribution in [3.05, 3.63) is 12.7 Å². The highest BCUT2D eigenvalue weighted by Gasteiger charge is 2.22. The number of rotatable bonds is 1. The Labute approximate surface area is 47.3 Å². The van der Waals surface area contributed by atoms with E-state index < -0.39 is 0 Å². The molecule has 2 rings (SSSR count). The summed E-state index contributed by atoms with van der Waals surface area (Å²) in [5.41, 5.74) is 0. The van der Waals surface area contributed by atoms with Crippen molar-refractivity contribution in [3.8, 4) is 0 Å². The minimum absolute atomic E-state index is 0.671. The molecule has 1 aromatic heterocycles. The van der Waals surface area contributed by atoms with E-state index in [2.05, 4.69) is 16.5 Å². The normalized spacial score (nSPS) is 19.0. The van der Waals surface area contributed by atoms with Gasteiger partial charge in [-0.15, -0.1) is 10.2 Å². The maximum absolute atomic E-state index is 3.64. The van der Waals surface area contributed by atoms with E-state index in [4.69, 9.17) is 0 Å². The molecule has 0 bridgehead atoms. The van der Waals surface area contributed by atoms with Gasteiger partial charge in [0.2, 0.25) is 6.33 Å². The molecule has 1 radical (unpaired) electrons. The van der Waals surface area contributed by atoms with Crippen LogP contribution in [0.3, 0.4) is 0 Å². The highest BCUT2D eigenvalue weighted by molar-refractivity contribution is 4.81. The molecule has 1 heterocycles. The quantitative estimate of drug-likeness (QED) is 0.521. The van der Waals surface area contributed by atoms with Crippen molar-refractivity contribution in [2.75, 3.05) is 0 Å². The van der Waals surface area contributed by atoms with Gasteiger partial charge in [-0.25, -0.2) is 0 Å². The standard InChI is InChI=1S/C5H6N3/c1-2-5(1)8-3-6-7-4-8/h3,5H,1-2H2. The predicted molar refractivity (Wildman–Crippen MR) is 27.1 cm³/mol. The van der Waals surface area contributed by atoms with Crippen LogP contribution in [-0.4, -0.2) is 14.8 Å². The van der Waals surface area contributed by atoms with Crippen LogP contribution in [0.15, 0.2) is 6.33 Å². The molecule has 8 heavy (non-hydrogen) atoms. The molecule has 0 atom stereocenters. The van der Waals surface area contributed by atoms with Gasteiger partial charge >= 0.3 is 0 Å². The molecule has 0 unspecified atom stereocenters. The van der Waals surface area contributed by atoms with Gasteiger partial charge in [0, 0.05) is 6.04 Å². The lowest BCUT2D eigenvalue weighted by Gasteiger charge is -1.88. The lowest BCUT2D eigenvalue weighted by Crippen LogP contribution is -1.86. The topological polar surface area (TPSA) is 30.7 Å².